The van der Waals surface area contributed by atoms with Gasteiger partial charge in [-0.2, -0.15) is 15.4 Å². The molecule has 1 fully saturated rings. The van der Waals surface area contributed by atoms with E-state index in [4.69, 9.17) is 16.1 Å². The van der Waals surface area contributed by atoms with Crippen LogP contribution in [-0.2, 0) is 12.1 Å². The van der Waals surface area contributed by atoms with E-state index in [-0.39, 0.29) is 0 Å². The van der Waals surface area contributed by atoms with Crippen molar-refractivity contribution in [2.75, 3.05) is 13.1 Å². The minimum absolute atomic E-state index is 0.483. The number of benzene rings is 1. The van der Waals surface area contributed by atoms with Gasteiger partial charge in [-0.25, -0.2) is 0 Å². The van der Waals surface area contributed by atoms with Crippen LogP contribution < -0.4 is 0 Å². The van der Waals surface area contributed by atoms with Gasteiger partial charge in [0, 0.05) is 29.7 Å². The molecule has 0 unspecified atom stereocenters. The normalized spacial score (nSPS) is 21.4. The number of rotatable bonds is 4. The molecule has 1 atom stereocenters. The maximum atomic E-state index is 10.7. The standard InChI is InChI=1S/C16H16ClN5O2/c17-12-3-1-11(2-4-12)14-7-13(24-20-14)9-22-6-5-16(23,10-22)15-8-18-21-19-15/h1-4,7-8,23H,5-6,9-10H2,(H,18,19,21)/t16-/m1/s1. The molecule has 0 aliphatic carbocycles. The molecule has 0 spiro atoms. The molecule has 124 valence electrons. The Morgan fingerprint density at radius 1 is 1.33 bits per heavy atom. The Kier molecular flexibility index (Phi) is 3.84. The number of hydrogen-bond acceptors (Lipinski definition) is 6. The first kappa shape index (κ1) is 15.3. The summed E-state index contributed by atoms with van der Waals surface area (Å²) >= 11 is 5.90. The molecule has 0 amide bonds. The zero-order valence-electron chi connectivity index (χ0n) is 12.8. The van der Waals surface area contributed by atoms with Crippen molar-refractivity contribution in [3.63, 3.8) is 0 Å². The third-order valence-corrected chi connectivity index (χ3v) is 4.55. The highest BCUT2D eigenvalue weighted by atomic mass is 35.5. The van der Waals surface area contributed by atoms with Crippen LogP contribution in [0.2, 0.25) is 5.02 Å². The van der Waals surface area contributed by atoms with Crippen LogP contribution in [0.25, 0.3) is 11.3 Å². The number of nitrogens with zero attached hydrogens (tertiary/aromatic N) is 4. The molecule has 1 aliphatic rings. The van der Waals surface area contributed by atoms with Crippen molar-refractivity contribution in [2.24, 2.45) is 0 Å². The first-order valence-corrected chi connectivity index (χ1v) is 8.03. The van der Waals surface area contributed by atoms with Crippen molar-refractivity contribution in [3.8, 4) is 11.3 Å². The van der Waals surface area contributed by atoms with Crippen LogP contribution in [-0.4, -0.2) is 43.7 Å². The Morgan fingerprint density at radius 2 is 2.17 bits per heavy atom. The molecule has 0 bridgehead atoms. The van der Waals surface area contributed by atoms with Gasteiger partial charge in [0.25, 0.3) is 0 Å². The van der Waals surface area contributed by atoms with Crippen molar-refractivity contribution in [1.82, 2.24) is 25.5 Å². The monoisotopic (exact) mass is 345 g/mol. The van der Waals surface area contributed by atoms with Gasteiger partial charge in [-0.3, -0.25) is 4.90 Å². The predicted octanol–water partition coefficient (Wildman–Crippen LogP) is 2.21. The van der Waals surface area contributed by atoms with Gasteiger partial charge in [-0.15, -0.1) is 0 Å². The summed E-state index contributed by atoms with van der Waals surface area (Å²) in [4.78, 5) is 2.11. The van der Waals surface area contributed by atoms with Gasteiger partial charge in [-0.1, -0.05) is 28.9 Å². The van der Waals surface area contributed by atoms with Gasteiger partial charge < -0.3 is 9.63 Å². The molecule has 7 nitrogen and oxygen atoms in total. The lowest BCUT2D eigenvalue weighted by atomic mass is 10.0. The maximum Gasteiger partial charge on any atom is 0.151 e. The van der Waals surface area contributed by atoms with E-state index in [9.17, 15) is 5.11 Å². The summed E-state index contributed by atoms with van der Waals surface area (Å²) in [6.07, 6.45) is 2.17. The Balaban J connectivity index is 1.44. The van der Waals surface area contributed by atoms with Crippen LogP contribution >= 0.6 is 11.6 Å². The molecule has 1 aromatic carbocycles. The SMILES string of the molecule is O[C@]1(c2cn[nH]n2)CCN(Cc2cc(-c3ccc(Cl)cc3)no2)C1. The molecule has 3 heterocycles. The van der Waals surface area contributed by atoms with Gasteiger partial charge >= 0.3 is 0 Å². The zero-order valence-corrected chi connectivity index (χ0v) is 13.6. The van der Waals surface area contributed by atoms with Gasteiger partial charge in [0.15, 0.2) is 5.76 Å². The van der Waals surface area contributed by atoms with Gasteiger partial charge in [0.05, 0.1) is 12.7 Å². The zero-order chi connectivity index (χ0) is 16.6. The predicted molar refractivity (Wildman–Crippen MR) is 87.1 cm³/mol. The van der Waals surface area contributed by atoms with Crippen LogP contribution in [0.5, 0.6) is 0 Å². The molecule has 1 aliphatic heterocycles. The Hall–Kier alpha value is -2.22. The van der Waals surface area contributed by atoms with Gasteiger partial charge in [-0.05, 0) is 18.6 Å². The molecular weight excluding hydrogens is 330 g/mol. The Labute approximate surface area is 143 Å². The van der Waals surface area contributed by atoms with Crippen LogP contribution in [0.15, 0.2) is 41.1 Å². The van der Waals surface area contributed by atoms with E-state index in [2.05, 4.69) is 25.5 Å². The minimum Gasteiger partial charge on any atom is -0.382 e. The number of aromatic nitrogens is 4. The first-order chi connectivity index (χ1) is 11.6. The van der Waals surface area contributed by atoms with Crippen molar-refractivity contribution in [2.45, 2.75) is 18.6 Å². The summed E-state index contributed by atoms with van der Waals surface area (Å²) in [7, 11) is 0. The van der Waals surface area contributed by atoms with Gasteiger partial charge in [0.1, 0.15) is 17.0 Å². The van der Waals surface area contributed by atoms with Crippen LogP contribution in [0.1, 0.15) is 17.9 Å². The number of halogens is 1. The number of hydrogen-bond donors (Lipinski definition) is 2. The highest BCUT2D eigenvalue weighted by Crippen LogP contribution is 2.31. The molecule has 4 rings (SSSR count). The largest absolute Gasteiger partial charge is 0.382 e. The smallest absolute Gasteiger partial charge is 0.151 e. The topological polar surface area (TPSA) is 91.1 Å². The third kappa shape index (κ3) is 2.93. The fraction of sp³-hybridized carbons (Fsp3) is 0.312. The summed E-state index contributed by atoms with van der Waals surface area (Å²) in [5, 5.41) is 25.8. The summed E-state index contributed by atoms with van der Waals surface area (Å²) in [6, 6.07) is 9.37. The second-order valence-electron chi connectivity index (χ2n) is 6.03. The first-order valence-electron chi connectivity index (χ1n) is 7.65. The van der Waals surface area contributed by atoms with E-state index in [1.165, 1.54) is 0 Å². The lowest BCUT2D eigenvalue weighted by Gasteiger charge is -2.20. The molecule has 3 aromatic rings. The summed E-state index contributed by atoms with van der Waals surface area (Å²) < 4.78 is 5.43. The molecule has 1 saturated heterocycles. The van der Waals surface area contributed by atoms with Crippen LogP contribution in [0.4, 0.5) is 0 Å². The Bertz CT molecular complexity index is 817. The van der Waals surface area contributed by atoms with E-state index in [0.717, 1.165) is 23.6 Å². The third-order valence-electron chi connectivity index (χ3n) is 4.30. The molecule has 0 radical (unpaired) electrons. The van der Waals surface area contributed by atoms with Crippen molar-refractivity contribution >= 4 is 11.6 Å². The van der Waals surface area contributed by atoms with Crippen molar-refractivity contribution in [1.29, 1.82) is 0 Å². The fourth-order valence-corrected chi connectivity index (χ4v) is 3.13. The molecule has 2 N–H and O–H groups in total. The van der Waals surface area contributed by atoms with E-state index >= 15 is 0 Å². The summed E-state index contributed by atoms with van der Waals surface area (Å²) in [6.45, 7) is 1.82. The summed E-state index contributed by atoms with van der Waals surface area (Å²) in [5.74, 6) is 0.754. The van der Waals surface area contributed by atoms with Crippen molar-refractivity contribution < 1.29 is 9.63 Å². The number of aliphatic hydroxyl groups is 1. The highest BCUT2D eigenvalue weighted by molar-refractivity contribution is 6.30. The van der Waals surface area contributed by atoms with Crippen molar-refractivity contribution in [3.05, 3.63) is 53.0 Å². The number of H-pyrrole nitrogens is 1. The lowest BCUT2D eigenvalue weighted by Crippen LogP contribution is -2.30. The number of aromatic amines is 1. The van der Waals surface area contributed by atoms with E-state index in [1.807, 2.05) is 30.3 Å². The molecule has 2 aromatic heterocycles. The molecular formula is C16H16ClN5O2. The molecule has 24 heavy (non-hydrogen) atoms. The average molecular weight is 346 g/mol. The Morgan fingerprint density at radius 3 is 2.92 bits per heavy atom. The number of nitrogens with one attached hydrogen (secondary N) is 1. The second kappa shape index (κ2) is 6.01. The highest BCUT2D eigenvalue weighted by Gasteiger charge is 2.39. The van der Waals surface area contributed by atoms with E-state index in [1.54, 1.807) is 6.20 Å². The fourth-order valence-electron chi connectivity index (χ4n) is 3.01. The van der Waals surface area contributed by atoms with Crippen LogP contribution in [0, 0.1) is 0 Å². The second-order valence-corrected chi connectivity index (χ2v) is 6.47. The lowest BCUT2D eigenvalue weighted by molar-refractivity contribution is 0.0400. The van der Waals surface area contributed by atoms with E-state index in [0.29, 0.717) is 30.2 Å². The average Bonchev–Trinajstić information content (AvgIpc) is 3.30. The molecule has 0 saturated carbocycles. The number of likely N-dealkylation sites (tertiary alicyclic amines) is 1. The maximum absolute atomic E-state index is 10.7. The minimum atomic E-state index is -0.966. The van der Waals surface area contributed by atoms with Crippen LogP contribution in [0.3, 0.4) is 0 Å². The summed E-state index contributed by atoms with van der Waals surface area (Å²) in [5.41, 5.74) is 1.33. The molecule has 8 heteroatoms. The van der Waals surface area contributed by atoms with E-state index < -0.39 is 5.60 Å². The van der Waals surface area contributed by atoms with Gasteiger partial charge in [0.2, 0.25) is 0 Å². The number of β-amino-alcohol motifs (C(OH)–C–C–N with tert-alkyl or cyclic N) is 1. The quantitative estimate of drug-likeness (QED) is 0.753.